The fourth-order valence-electron chi connectivity index (χ4n) is 13.6. The number of anilines is 1. The maximum absolute atomic E-state index is 14.6. The van der Waals surface area contributed by atoms with Crippen LogP contribution in [-0.4, -0.2) is 142 Å². The lowest BCUT2D eigenvalue weighted by Gasteiger charge is -2.63. The highest BCUT2D eigenvalue weighted by Crippen LogP contribution is 2.67. The minimum Gasteiger partial charge on any atom is -0.467 e. The molecule has 3 fully saturated rings. The van der Waals surface area contributed by atoms with Crippen molar-refractivity contribution in [3.05, 3.63) is 76.5 Å². The first-order valence-electron chi connectivity index (χ1n) is 21.7. The molecule has 5 aliphatic heterocycles. The number of amides is 1. The number of nitrogens with one attached hydrogen (secondary N) is 2. The number of aliphatic hydroxyl groups excluding tert-OH is 3. The number of benzene rings is 2. The Morgan fingerprint density at radius 2 is 1.88 bits per heavy atom. The predicted octanol–water partition coefficient (Wildman–Crippen LogP) is 2.23. The van der Waals surface area contributed by atoms with E-state index in [2.05, 4.69) is 44.4 Å². The average Bonchev–Trinajstić information content (AvgIpc) is 3.90. The highest BCUT2D eigenvalue weighted by Gasteiger charge is 2.78. The molecule has 13 nitrogen and oxygen atoms in total. The number of aromatic amines is 1. The van der Waals surface area contributed by atoms with Gasteiger partial charge in [0.05, 0.1) is 23.7 Å². The predicted molar refractivity (Wildman–Crippen MR) is 223 cm³/mol. The maximum Gasteiger partial charge on any atom is 0.293 e. The number of fused-ring (bicyclic) bond motifs is 6. The molecule has 13 heteroatoms. The fraction of sp³-hybridized carbons (Fsp3) is 0.609. The van der Waals surface area contributed by atoms with Crippen LogP contribution in [0.1, 0.15) is 80.3 Å². The van der Waals surface area contributed by atoms with Gasteiger partial charge in [-0.1, -0.05) is 50.3 Å². The number of H-pyrrole nitrogens is 1. The highest BCUT2D eigenvalue weighted by atomic mass is 16.5. The van der Waals surface area contributed by atoms with Crippen molar-refractivity contribution in [2.75, 3.05) is 64.4 Å². The summed E-state index contributed by atoms with van der Waals surface area (Å²) in [7, 11) is 1.88. The monoisotopic (exact) mass is 811 g/mol. The molecule has 7 N–H and O–H groups in total. The maximum atomic E-state index is 14.6. The number of aromatic nitrogens is 1. The number of para-hydroxylation sites is 1. The van der Waals surface area contributed by atoms with E-state index in [0.717, 1.165) is 52.1 Å². The molecule has 6 aliphatic rings. The van der Waals surface area contributed by atoms with Crippen LogP contribution in [0.15, 0.2) is 48.6 Å². The molecule has 318 valence electrons. The van der Waals surface area contributed by atoms with E-state index in [-0.39, 0.29) is 38.3 Å². The van der Waals surface area contributed by atoms with Gasteiger partial charge in [0.1, 0.15) is 12.7 Å². The van der Waals surface area contributed by atoms with Crippen molar-refractivity contribution in [3.8, 4) is 0 Å². The standard InChI is InChI=1S/C46H61N5O8/c1-4-42(57)22-29-23-44(27-59-28-54,37-32(12-17-50(24-29)26-42)31-10-6-7-11-35(31)48-37)33-21-34-36(20-30(33)25-53)49(3)39-45(34)14-18-51-16-8-13-43(5-2,38(45)51)40(55)46(39,58)41(56)47-15-9-19-52/h6-8,10-11,13,20-21,28-29,38-40,48,52-53,55,57-58H,4-5,9,12,14-19,22-27H2,1-3H3,(H,47,56)/t29?,38?,39?,40-,42?,43-,44+,45-,46+/m1/s1. The summed E-state index contributed by atoms with van der Waals surface area (Å²) in [5.74, 6) is -0.667. The molecular formula is C46H61N5O8. The van der Waals surface area contributed by atoms with Crippen molar-refractivity contribution in [1.82, 2.24) is 20.1 Å². The van der Waals surface area contributed by atoms with E-state index in [1.54, 1.807) is 0 Å². The van der Waals surface area contributed by atoms with Crippen LogP contribution in [0, 0.1) is 11.3 Å². The van der Waals surface area contributed by atoms with Crippen molar-refractivity contribution >= 4 is 29.0 Å². The van der Waals surface area contributed by atoms with E-state index in [1.165, 1.54) is 0 Å². The Labute approximate surface area is 346 Å². The van der Waals surface area contributed by atoms with Gasteiger partial charge in [-0.15, -0.1) is 0 Å². The molecule has 1 spiro atoms. The molecule has 1 aliphatic carbocycles. The Morgan fingerprint density at radius 3 is 2.63 bits per heavy atom. The quantitative estimate of drug-likeness (QED) is 0.0858. The topological polar surface area (TPSA) is 182 Å². The lowest BCUT2D eigenvalue weighted by Crippen LogP contribution is -2.81. The summed E-state index contributed by atoms with van der Waals surface area (Å²) in [5, 5.41) is 62.8. The van der Waals surface area contributed by atoms with Crippen LogP contribution in [-0.2, 0) is 38.2 Å². The molecule has 4 unspecified atom stereocenters. The molecule has 2 aromatic carbocycles. The number of rotatable bonds is 11. The number of ether oxygens (including phenoxy) is 1. The van der Waals surface area contributed by atoms with E-state index in [0.29, 0.717) is 76.6 Å². The van der Waals surface area contributed by atoms with Crippen LogP contribution in [0.2, 0.25) is 0 Å². The summed E-state index contributed by atoms with van der Waals surface area (Å²) in [6.07, 6.45) is 6.42. The SMILES string of the molecule is CCC1(O)CC2C[N@](CCc3c([nH]c4ccccc34)[C@@](COC=O)(c3cc4c(cc3CO)N(C)C3[C@]45CCN4CC=C[C@](CC)(C45)[C@@H](O)[C@]3(O)C(=O)NCCCO)C2)C1. The second kappa shape index (κ2) is 14.7. The van der Waals surface area contributed by atoms with E-state index in [4.69, 9.17) is 4.74 Å². The van der Waals surface area contributed by atoms with Crippen LogP contribution >= 0.6 is 0 Å². The Balaban J connectivity index is 1.32. The van der Waals surface area contributed by atoms with Gasteiger partial charge in [0.15, 0.2) is 5.60 Å². The van der Waals surface area contributed by atoms with Gasteiger partial charge in [-0.3, -0.25) is 19.4 Å². The Kier molecular flexibility index (Phi) is 10.1. The Bertz CT molecular complexity index is 2160. The van der Waals surface area contributed by atoms with Gasteiger partial charge < -0.3 is 45.5 Å². The highest BCUT2D eigenvalue weighted by molar-refractivity contribution is 5.90. The van der Waals surface area contributed by atoms with E-state index in [9.17, 15) is 35.1 Å². The first kappa shape index (κ1) is 40.6. The van der Waals surface area contributed by atoms with Crippen molar-refractivity contribution < 1.29 is 39.9 Å². The molecule has 3 aromatic rings. The molecule has 1 saturated carbocycles. The summed E-state index contributed by atoms with van der Waals surface area (Å²) in [4.78, 5) is 37.5. The van der Waals surface area contributed by atoms with Crippen molar-refractivity contribution in [2.45, 2.75) is 106 Å². The largest absolute Gasteiger partial charge is 0.467 e. The summed E-state index contributed by atoms with van der Waals surface area (Å²) in [5.41, 5.74) is 0.190. The molecule has 1 aromatic heterocycles. The van der Waals surface area contributed by atoms with Crippen LogP contribution in [0.4, 0.5) is 5.69 Å². The van der Waals surface area contributed by atoms with Crippen LogP contribution in [0.3, 0.4) is 0 Å². The average molecular weight is 812 g/mol. The van der Waals surface area contributed by atoms with Crippen LogP contribution in [0.25, 0.3) is 10.9 Å². The Hall–Kier alpha value is -3.82. The molecule has 1 amide bonds. The zero-order valence-corrected chi connectivity index (χ0v) is 34.6. The van der Waals surface area contributed by atoms with Crippen LogP contribution in [0.5, 0.6) is 0 Å². The van der Waals surface area contributed by atoms with Gasteiger partial charge in [-0.2, -0.15) is 0 Å². The first-order valence-corrected chi connectivity index (χ1v) is 21.7. The van der Waals surface area contributed by atoms with Gasteiger partial charge in [0.2, 0.25) is 0 Å². The van der Waals surface area contributed by atoms with Gasteiger partial charge in [0.25, 0.3) is 12.4 Å². The van der Waals surface area contributed by atoms with Crippen molar-refractivity contribution in [3.63, 3.8) is 0 Å². The number of carbonyl (C=O) groups excluding carboxylic acids is 2. The number of carbonyl (C=O) groups is 2. The summed E-state index contributed by atoms with van der Waals surface area (Å²) in [6.45, 7) is 7.67. The van der Waals surface area contributed by atoms with E-state index < -0.39 is 45.5 Å². The number of likely N-dealkylation sites (N-methyl/N-ethyl adjacent to an activating group) is 1. The van der Waals surface area contributed by atoms with Crippen LogP contribution < -0.4 is 10.2 Å². The van der Waals surface area contributed by atoms with Gasteiger partial charge >= 0.3 is 0 Å². The molecule has 10 atom stereocenters. The van der Waals surface area contributed by atoms with Gasteiger partial charge in [0, 0.05) is 85.5 Å². The number of hydrogen-bond donors (Lipinski definition) is 7. The summed E-state index contributed by atoms with van der Waals surface area (Å²) >= 11 is 0. The molecule has 2 saturated heterocycles. The number of aliphatic hydroxyl groups is 5. The number of hydrogen-bond acceptors (Lipinski definition) is 11. The van der Waals surface area contributed by atoms with E-state index in [1.807, 2.05) is 50.1 Å². The molecule has 2 bridgehead atoms. The minimum absolute atomic E-state index is 0.00503. The molecule has 59 heavy (non-hydrogen) atoms. The number of piperidine rings is 1. The molecule has 9 rings (SSSR count). The molecule has 0 radical (unpaired) electrons. The zero-order valence-electron chi connectivity index (χ0n) is 34.6. The third kappa shape index (κ3) is 5.61. The minimum atomic E-state index is -2.26. The third-order valence-corrected chi connectivity index (χ3v) is 15.9. The van der Waals surface area contributed by atoms with Crippen molar-refractivity contribution in [1.29, 1.82) is 0 Å². The second-order valence-corrected chi connectivity index (χ2v) is 18.7. The normalized spacial score (nSPS) is 37.2. The third-order valence-electron chi connectivity index (χ3n) is 15.9. The second-order valence-electron chi connectivity index (χ2n) is 18.7. The smallest absolute Gasteiger partial charge is 0.293 e. The molecular weight excluding hydrogens is 751 g/mol. The number of nitrogens with zero attached hydrogens (tertiary/aromatic N) is 3. The first-order chi connectivity index (χ1) is 28.4. The van der Waals surface area contributed by atoms with Crippen molar-refractivity contribution in [2.24, 2.45) is 11.3 Å². The Morgan fingerprint density at radius 1 is 1.07 bits per heavy atom. The van der Waals surface area contributed by atoms with E-state index >= 15 is 0 Å². The summed E-state index contributed by atoms with van der Waals surface area (Å²) < 4.78 is 5.96. The molecule has 6 heterocycles. The fourth-order valence-corrected chi connectivity index (χ4v) is 13.6. The lowest BCUT2D eigenvalue weighted by molar-refractivity contribution is -0.203. The summed E-state index contributed by atoms with van der Waals surface area (Å²) in [6, 6.07) is 11.3. The van der Waals surface area contributed by atoms with Gasteiger partial charge in [-0.05, 0) is 91.8 Å². The zero-order chi connectivity index (χ0) is 41.5. The lowest BCUT2D eigenvalue weighted by atomic mass is 9.47. The van der Waals surface area contributed by atoms with Gasteiger partial charge in [-0.25, -0.2) is 0 Å².